The molecule has 1 radical (unpaired) electrons. The van der Waals surface area contributed by atoms with E-state index >= 15 is 0 Å². The van der Waals surface area contributed by atoms with Gasteiger partial charge in [-0.25, -0.2) is 4.79 Å². The normalized spacial score (nSPS) is 12.7. The van der Waals surface area contributed by atoms with Gasteiger partial charge in [-0.2, -0.15) is 0 Å². The lowest BCUT2D eigenvalue weighted by Crippen LogP contribution is -2.49. The van der Waals surface area contributed by atoms with Crippen LogP contribution in [0.3, 0.4) is 0 Å². The predicted octanol–water partition coefficient (Wildman–Crippen LogP) is 2.83. The van der Waals surface area contributed by atoms with Gasteiger partial charge in [0.1, 0.15) is 5.60 Å². The lowest BCUT2D eigenvalue weighted by molar-refractivity contribution is -0.0893. The molecule has 1 aromatic carbocycles. The van der Waals surface area contributed by atoms with E-state index in [0.29, 0.717) is 6.54 Å². The third-order valence-corrected chi connectivity index (χ3v) is 4.12. The number of ether oxygens (including phenoxy) is 1. The minimum Gasteiger partial charge on any atom is -0.444 e. The summed E-state index contributed by atoms with van der Waals surface area (Å²) in [6.07, 6.45) is -0.434. The van der Waals surface area contributed by atoms with E-state index in [2.05, 4.69) is 5.32 Å². The van der Waals surface area contributed by atoms with Crippen molar-refractivity contribution in [3.05, 3.63) is 29.3 Å². The average Bonchev–Trinajstić information content (AvgIpc) is 2.41. The molecule has 5 nitrogen and oxygen atoms in total. The molecule has 0 saturated heterocycles. The lowest BCUT2D eigenvalue weighted by Gasteiger charge is -2.37. The van der Waals surface area contributed by atoms with Gasteiger partial charge < -0.3 is 19.8 Å². The number of rotatable bonds is 6. The van der Waals surface area contributed by atoms with Crippen molar-refractivity contribution in [3.8, 4) is 0 Å². The topological polar surface area (TPSA) is 67.8 Å². The second-order valence-corrected chi connectivity index (χ2v) is 8.35. The maximum atomic E-state index is 11.7. The fourth-order valence-electron chi connectivity index (χ4n) is 1.82. The quantitative estimate of drug-likeness (QED) is 0.776. The Morgan fingerprint density at radius 2 is 1.76 bits per heavy atom. The number of nitrogens with one attached hydrogen (secondary N) is 1. The monoisotopic (exact) mass is 348 g/mol. The van der Waals surface area contributed by atoms with Crippen molar-refractivity contribution in [2.24, 2.45) is 0 Å². The molecule has 0 aliphatic heterocycles. The van der Waals surface area contributed by atoms with Crippen molar-refractivity contribution in [2.75, 3.05) is 0 Å². The SMILES string of the molecule is Cc1cc(CNC(=O)OC(C)(C)C)ccc1[B]OC(C)(C)C(C)(C)O. The van der Waals surface area contributed by atoms with Crippen LogP contribution in [0.4, 0.5) is 4.79 Å². The summed E-state index contributed by atoms with van der Waals surface area (Å²) in [6.45, 7) is 15.0. The Balaban J connectivity index is 2.64. The van der Waals surface area contributed by atoms with Crippen LogP contribution in [0.15, 0.2) is 18.2 Å². The van der Waals surface area contributed by atoms with Crippen LogP contribution in [-0.4, -0.2) is 35.5 Å². The zero-order chi connectivity index (χ0) is 19.5. The first-order valence-corrected chi connectivity index (χ1v) is 8.51. The summed E-state index contributed by atoms with van der Waals surface area (Å²) in [6, 6.07) is 5.85. The molecule has 0 heterocycles. The molecule has 1 amide bonds. The van der Waals surface area contributed by atoms with E-state index in [1.807, 2.05) is 59.7 Å². The average molecular weight is 348 g/mol. The minimum absolute atomic E-state index is 0.395. The Labute approximate surface area is 152 Å². The Hall–Kier alpha value is -1.53. The molecular formula is C19H31BNO4. The number of alkyl carbamates (subject to hydrolysis) is 1. The van der Waals surface area contributed by atoms with E-state index in [1.165, 1.54) is 0 Å². The third kappa shape index (κ3) is 7.08. The molecule has 0 aliphatic carbocycles. The second-order valence-electron chi connectivity index (χ2n) is 8.35. The van der Waals surface area contributed by atoms with Crippen LogP contribution < -0.4 is 10.8 Å². The van der Waals surface area contributed by atoms with Crippen LogP contribution >= 0.6 is 0 Å². The highest BCUT2D eigenvalue weighted by atomic mass is 16.6. The highest BCUT2D eigenvalue weighted by molar-refractivity contribution is 6.47. The number of hydrogen-bond acceptors (Lipinski definition) is 4. The number of aryl methyl sites for hydroxylation is 1. The predicted molar refractivity (Wildman–Crippen MR) is 101 cm³/mol. The zero-order valence-electron chi connectivity index (χ0n) is 16.7. The standard InChI is InChI=1S/C19H31BNO4/c1-13-11-14(12-21-16(22)24-17(2,3)4)9-10-15(13)20-25-19(7,8)18(5,6)23/h9-11,23H,12H2,1-8H3,(H,21,22). The fourth-order valence-corrected chi connectivity index (χ4v) is 1.82. The number of carbonyl (C=O) groups excluding carboxylic acids is 1. The molecule has 0 bridgehead atoms. The summed E-state index contributed by atoms with van der Waals surface area (Å²) in [5.41, 5.74) is 0.741. The van der Waals surface area contributed by atoms with Crippen molar-refractivity contribution >= 4 is 19.0 Å². The molecule has 6 heteroatoms. The second kappa shape index (κ2) is 7.79. The van der Waals surface area contributed by atoms with Crippen molar-refractivity contribution < 1.29 is 19.3 Å². The van der Waals surface area contributed by atoms with Gasteiger partial charge in [-0.3, -0.25) is 0 Å². The molecule has 1 aromatic rings. The summed E-state index contributed by atoms with van der Waals surface area (Å²) in [5, 5.41) is 12.9. The molecule has 0 saturated carbocycles. The van der Waals surface area contributed by atoms with E-state index in [1.54, 1.807) is 21.3 Å². The van der Waals surface area contributed by atoms with Crippen molar-refractivity contribution in [3.63, 3.8) is 0 Å². The maximum absolute atomic E-state index is 11.7. The van der Waals surface area contributed by atoms with Gasteiger partial charge in [0.2, 0.25) is 0 Å². The minimum atomic E-state index is -0.964. The first-order chi connectivity index (χ1) is 11.2. The van der Waals surface area contributed by atoms with Gasteiger partial charge in [0.05, 0.1) is 11.2 Å². The van der Waals surface area contributed by atoms with Crippen molar-refractivity contribution in [2.45, 2.75) is 78.7 Å². The number of carbonyl (C=O) groups is 1. The Bertz CT molecular complexity index is 600. The van der Waals surface area contributed by atoms with Gasteiger partial charge >= 0.3 is 13.6 Å². The van der Waals surface area contributed by atoms with Gasteiger partial charge in [0.15, 0.2) is 0 Å². The van der Waals surface area contributed by atoms with E-state index < -0.39 is 22.9 Å². The number of hydrogen-bond donors (Lipinski definition) is 2. The Kier molecular flexibility index (Phi) is 6.71. The van der Waals surface area contributed by atoms with Crippen LogP contribution in [0.5, 0.6) is 0 Å². The smallest absolute Gasteiger partial charge is 0.407 e. The Morgan fingerprint density at radius 1 is 1.16 bits per heavy atom. The van der Waals surface area contributed by atoms with Crippen LogP contribution in [0.2, 0.25) is 0 Å². The zero-order valence-corrected chi connectivity index (χ0v) is 16.7. The summed E-state index contributed by atoms with van der Waals surface area (Å²) < 4.78 is 11.0. The maximum Gasteiger partial charge on any atom is 0.407 e. The van der Waals surface area contributed by atoms with Gasteiger partial charge in [-0.15, -0.1) is 0 Å². The highest BCUT2D eigenvalue weighted by Crippen LogP contribution is 2.24. The fraction of sp³-hybridized carbons (Fsp3) is 0.632. The summed E-state index contributed by atoms with van der Waals surface area (Å²) in [4.78, 5) is 11.7. The van der Waals surface area contributed by atoms with E-state index in [-0.39, 0.29) is 0 Å². The van der Waals surface area contributed by atoms with Crippen molar-refractivity contribution in [1.29, 1.82) is 0 Å². The molecule has 0 atom stereocenters. The molecule has 2 N–H and O–H groups in total. The molecule has 139 valence electrons. The van der Waals surface area contributed by atoms with Crippen molar-refractivity contribution in [1.82, 2.24) is 5.32 Å². The van der Waals surface area contributed by atoms with E-state index in [4.69, 9.17) is 9.39 Å². The molecule has 0 spiro atoms. The first kappa shape index (κ1) is 21.5. The molecule has 1 rings (SSSR count). The van der Waals surface area contributed by atoms with Crippen LogP contribution in [0.25, 0.3) is 0 Å². The highest BCUT2D eigenvalue weighted by Gasteiger charge is 2.35. The van der Waals surface area contributed by atoms with Crippen LogP contribution in [0, 0.1) is 6.92 Å². The number of benzene rings is 1. The first-order valence-electron chi connectivity index (χ1n) is 8.51. The molecule has 0 fully saturated rings. The largest absolute Gasteiger partial charge is 0.444 e. The Morgan fingerprint density at radius 3 is 2.24 bits per heavy atom. The molecule has 0 aromatic heterocycles. The van der Waals surface area contributed by atoms with Crippen LogP contribution in [0.1, 0.15) is 59.6 Å². The third-order valence-electron chi connectivity index (χ3n) is 4.12. The van der Waals surface area contributed by atoms with E-state index in [9.17, 15) is 9.90 Å². The molecule has 25 heavy (non-hydrogen) atoms. The van der Waals surface area contributed by atoms with E-state index in [0.717, 1.165) is 16.6 Å². The van der Waals surface area contributed by atoms with Crippen LogP contribution in [-0.2, 0) is 15.9 Å². The van der Waals surface area contributed by atoms with Gasteiger partial charge in [-0.1, -0.05) is 29.2 Å². The number of aliphatic hydroxyl groups is 1. The molecule has 0 aliphatic rings. The van der Waals surface area contributed by atoms with Gasteiger partial charge in [0, 0.05) is 6.54 Å². The summed E-state index contributed by atoms with van der Waals surface area (Å²) in [5.74, 6) is 0. The summed E-state index contributed by atoms with van der Waals surface area (Å²) >= 11 is 0. The van der Waals surface area contributed by atoms with Gasteiger partial charge in [-0.05, 0) is 61.0 Å². The summed E-state index contributed by atoms with van der Waals surface area (Å²) in [7, 11) is 1.67. The lowest BCUT2D eigenvalue weighted by atomic mass is 9.80. The van der Waals surface area contributed by atoms with Gasteiger partial charge in [0.25, 0.3) is 0 Å². The number of amides is 1. The molecular weight excluding hydrogens is 317 g/mol. The molecule has 0 unspecified atom stereocenters.